The summed E-state index contributed by atoms with van der Waals surface area (Å²) in [7, 11) is 0. The molecule has 9 heteroatoms. The monoisotopic (exact) mass is 481 g/mol. The molecule has 0 heterocycles. The lowest BCUT2D eigenvalue weighted by molar-refractivity contribution is -0.384. The lowest BCUT2D eigenvalue weighted by Gasteiger charge is -2.10. The van der Waals surface area contributed by atoms with Crippen LogP contribution in [-0.4, -0.2) is 10.8 Å². The second-order valence-corrected chi connectivity index (χ2v) is 7.75. The second-order valence-electron chi connectivity index (χ2n) is 6.94. The summed E-state index contributed by atoms with van der Waals surface area (Å²) in [5.74, 6) is -0.117. The van der Waals surface area contributed by atoms with Crippen molar-refractivity contribution in [3.8, 4) is 11.8 Å². The van der Waals surface area contributed by atoms with Gasteiger partial charge in [-0.3, -0.25) is 14.9 Å². The molecule has 0 atom stereocenters. The lowest BCUT2D eigenvalue weighted by Crippen LogP contribution is -2.14. The minimum absolute atomic E-state index is 0.155. The first-order chi connectivity index (χ1) is 15.8. The van der Waals surface area contributed by atoms with E-state index >= 15 is 0 Å². The number of anilines is 1. The van der Waals surface area contributed by atoms with E-state index in [0.29, 0.717) is 32.5 Å². The van der Waals surface area contributed by atoms with E-state index in [0.717, 1.165) is 0 Å². The van der Waals surface area contributed by atoms with Crippen LogP contribution in [0.15, 0.2) is 66.2 Å². The highest BCUT2D eigenvalue weighted by Crippen LogP contribution is 2.26. The van der Waals surface area contributed by atoms with Crippen LogP contribution in [0.3, 0.4) is 0 Å². The molecule has 0 aliphatic carbocycles. The minimum atomic E-state index is -0.671. The predicted molar refractivity (Wildman–Crippen MR) is 127 cm³/mol. The third-order valence-corrected chi connectivity index (χ3v) is 5.39. The van der Waals surface area contributed by atoms with Crippen LogP contribution in [0.1, 0.15) is 16.7 Å². The second kappa shape index (κ2) is 10.6. The van der Waals surface area contributed by atoms with Crippen LogP contribution in [-0.2, 0) is 11.4 Å². The zero-order chi connectivity index (χ0) is 24.0. The van der Waals surface area contributed by atoms with Gasteiger partial charge in [0.2, 0.25) is 0 Å². The number of ether oxygens (including phenoxy) is 1. The van der Waals surface area contributed by atoms with E-state index in [1.165, 1.54) is 24.3 Å². The fourth-order valence-corrected chi connectivity index (χ4v) is 3.36. The highest BCUT2D eigenvalue weighted by Gasteiger charge is 2.14. The van der Waals surface area contributed by atoms with Crippen molar-refractivity contribution >= 4 is 46.6 Å². The molecule has 1 N–H and O–H groups in total. The average molecular weight is 482 g/mol. The SMILES string of the molecule is Cc1ccc([N+](=O)[O-])cc1NC(=O)/C(C#N)=C/c1ccc(OCc2c(Cl)cccc2Cl)cc1. The molecule has 3 aromatic carbocycles. The Labute approximate surface area is 200 Å². The van der Waals surface area contributed by atoms with E-state index in [2.05, 4.69) is 5.32 Å². The maximum Gasteiger partial charge on any atom is 0.271 e. The molecule has 0 spiro atoms. The van der Waals surface area contributed by atoms with Crippen LogP contribution in [0.5, 0.6) is 5.75 Å². The first-order valence-corrected chi connectivity index (χ1v) is 10.4. The Morgan fingerprint density at radius 3 is 2.42 bits per heavy atom. The zero-order valence-electron chi connectivity index (χ0n) is 17.3. The van der Waals surface area contributed by atoms with Gasteiger partial charge < -0.3 is 10.1 Å². The summed E-state index contributed by atoms with van der Waals surface area (Å²) in [6.07, 6.45) is 1.41. The Morgan fingerprint density at radius 1 is 1.15 bits per heavy atom. The Morgan fingerprint density at radius 2 is 1.82 bits per heavy atom. The molecule has 0 radical (unpaired) electrons. The Kier molecular flexibility index (Phi) is 7.67. The fraction of sp³-hybridized carbons (Fsp3) is 0.0833. The van der Waals surface area contributed by atoms with Crippen molar-refractivity contribution in [2.75, 3.05) is 5.32 Å². The van der Waals surface area contributed by atoms with E-state index in [4.69, 9.17) is 27.9 Å². The van der Waals surface area contributed by atoms with Gasteiger partial charge in [-0.1, -0.05) is 47.5 Å². The largest absolute Gasteiger partial charge is 0.489 e. The maximum atomic E-state index is 12.6. The molecule has 166 valence electrons. The van der Waals surface area contributed by atoms with Gasteiger partial charge in [0.15, 0.2) is 0 Å². The number of nitrogens with zero attached hydrogens (tertiary/aromatic N) is 2. The standard InChI is InChI=1S/C24H17Cl2N3O4/c1-15-5-8-18(29(31)32)12-23(15)28-24(30)17(13-27)11-16-6-9-19(10-7-16)33-14-20-21(25)3-2-4-22(20)26/h2-12H,14H2,1H3,(H,28,30)/b17-11+. The van der Waals surface area contributed by atoms with E-state index in [1.54, 1.807) is 49.4 Å². The number of rotatable bonds is 7. The molecule has 0 aliphatic rings. The van der Waals surface area contributed by atoms with E-state index in [9.17, 15) is 20.2 Å². The summed E-state index contributed by atoms with van der Waals surface area (Å²) < 4.78 is 5.72. The molecular formula is C24H17Cl2N3O4. The summed E-state index contributed by atoms with van der Waals surface area (Å²) >= 11 is 12.3. The minimum Gasteiger partial charge on any atom is -0.489 e. The van der Waals surface area contributed by atoms with Crippen molar-refractivity contribution in [2.45, 2.75) is 13.5 Å². The number of carbonyl (C=O) groups excluding carboxylic acids is 1. The quantitative estimate of drug-likeness (QED) is 0.183. The maximum absolute atomic E-state index is 12.6. The predicted octanol–water partition coefficient (Wildman–Crippen LogP) is 6.33. The number of nitro benzene ring substituents is 1. The fourth-order valence-electron chi connectivity index (χ4n) is 2.85. The summed E-state index contributed by atoms with van der Waals surface area (Å²) in [5.41, 5.74) is 1.85. The summed E-state index contributed by atoms with van der Waals surface area (Å²) in [5, 5.41) is 24.0. The molecule has 0 bridgehead atoms. The van der Waals surface area contributed by atoms with Gasteiger partial charge in [-0.2, -0.15) is 5.26 Å². The third kappa shape index (κ3) is 6.10. The van der Waals surface area contributed by atoms with Crippen LogP contribution in [0.4, 0.5) is 11.4 Å². The molecular weight excluding hydrogens is 465 g/mol. The summed E-state index contributed by atoms with van der Waals surface area (Å²) in [6.45, 7) is 1.88. The van der Waals surface area contributed by atoms with Gasteiger partial charge in [0.05, 0.1) is 10.6 Å². The van der Waals surface area contributed by atoms with Crippen molar-refractivity contribution in [2.24, 2.45) is 0 Å². The molecule has 0 unspecified atom stereocenters. The van der Waals surface area contributed by atoms with Gasteiger partial charge >= 0.3 is 0 Å². The Hall–Kier alpha value is -3.86. The van der Waals surface area contributed by atoms with E-state index in [-0.39, 0.29) is 23.6 Å². The molecule has 0 fully saturated rings. The highest BCUT2D eigenvalue weighted by atomic mass is 35.5. The number of aryl methyl sites for hydroxylation is 1. The lowest BCUT2D eigenvalue weighted by atomic mass is 10.1. The highest BCUT2D eigenvalue weighted by molar-refractivity contribution is 6.35. The van der Waals surface area contributed by atoms with Crippen molar-refractivity contribution in [1.29, 1.82) is 5.26 Å². The van der Waals surface area contributed by atoms with Crippen molar-refractivity contribution in [1.82, 2.24) is 0 Å². The van der Waals surface area contributed by atoms with Gasteiger partial charge in [0.1, 0.15) is 24.0 Å². The third-order valence-electron chi connectivity index (χ3n) is 4.68. The van der Waals surface area contributed by atoms with Crippen molar-refractivity contribution in [3.63, 3.8) is 0 Å². The first kappa shape index (κ1) is 23.8. The number of halogens is 2. The molecule has 1 amide bonds. The average Bonchev–Trinajstić information content (AvgIpc) is 2.79. The summed E-state index contributed by atoms with van der Waals surface area (Å²) in [6, 6.07) is 17.9. The molecule has 0 saturated heterocycles. The number of hydrogen-bond donors (Lipinski definition) is 1. The van der Waals surface area contributed by atoms with E-state index < -0.39 is 10.8 Å². The van der Waals surface area contributed by atoms with Crippen LogP contribution in [0.2, 0.25) is 10.0 Å². The number of nitriles is 1. The van der Waals surface area contributed by atoms with Crippen molar-refractivity contribution in [3.05, 3.63) is 103 Å². The first-order valence-electron chi connectivity index (χ1n) is 9.62. The Balaban J connectivity index is 1.71. The number of hydrogen-bond acceptors (Lipinski definition) is 5. The normalized spacial score (nSPS) is 10.9. The smallest absolute Gasteiger partial charge is 0.271 e. The van der Waals surface area contributed by atoms with Gasteiger partial charge in [0.25, 0.3) is 11.6 Å². The number of non-ortho nitro benzene ring substituents is 1. The van der Waals surface area contributed by atoms with E-state index in [1.807, 2.05) is 6.07 Å². The number of amides is 1. The molecule has 33 heavy (non-hydrogen) atoms. The molecule has 0 saturated carbocycles. The molecule has 0 aromatic heterocycles. The molecule has 3 rings (SSSR count). The number of nitrogens with one attached hydrogen (secondary N) is 1. The Bertz CT molecular complexity index is 1260. The van der Waals surface area contributed by atoms with Gasteiger partial charge in [-0.05, 0) is 48.4 Å². The van der Waals surface area contributed by atoms with Crippen LogP contribution in [0, 0.1) is 28.4 Å². The summed E-state index contributed by atoms with van der Waals surface area (Å²) in [4.78, 5) is 23.0. The number of nitro groups is 1. The van der Waals surface area contributed by atoms with Gasteiger partial charge in [0, 0.05) is 27.7 Å². The molecule has 3 aromatic rings. The van der Waals surface area contributed by atoms with Crippen LogP contribution in [0.25, 0.3) is 6.08 Å². The van der Waals surface area contributed by atoms with Crippen molar-refractivity contribution < 1.29 is 14.5 Å². The van der Waals surface area contributed by atoms with Gasteiger partial charge in [-0.25, -0.2) is 0 Å². The van der Waals surface area contributed by atoms with Gasteiger partial charge in [-0.15, -0.1) is 0 Å². The zero-order valence-corrected chi connectivity index (χ0v) is 18.9. The number of carbonyl (C=O) groups is 1. The number of benzene rings is 3. The molecule has 7 nitrogen and oxygen atoms in total. The topological polar surface area (TPSA) is 105 Å². The van der Waals surface area contributed by atoms with Crippen LogP contribution >= 0.6 is 23.2 Å². The van der Waals surface area contributed by atoms with Crippen LogP contribution < -0.4 is 10.1 Å². The molecule has 0 aliphatic heterocycles.